The standard InChI is InChI=1S/C22H33N5O/c1-16-13-27(14-17-8-6-7-10-23-17)11-9-19(16)25-20-12-18(15-28-5)24-21(26-20)22(2,3)4/h6-8,10,12,16,19H,9,11,13-15H2,1-5H3,(H,24,25,26). The number of methoxy groups -OCH3 is 1. The van der Waals surface area contributed by atoms with Crippen LogP contribution in [0.1, 0.15) is 51.3 Å². The van der Waals surface area contributed by atoms with Crippen molar-refractivity contribution in [1.82, 2.24) is 19.9 Å². The van der Waals surface area contributed by atoms with E-state index in [2.05, 4.69) is 60.0 Å². The van der Waals surface area contributed by atoms with Gasteiger partial charge >= 0.3 is 0 Å². The average molecular weight is 384 g/mol. The molecule has 2 aromatic heterocycles. The first kappa shape index (κ1) is 20.7. The first-order valence-corrected chi connectivity index (χ1v) is 10.1. The molecule has 2 unspecified atom stereocenters. The number of hydrogen-bond donors (Lipinski definition) is 1. The second-order valence-electron chi connectivity index (χ2n) is 8.82. The molecule has 1 saturated heterocycles. The molecule has 6 nitrogen and oxygen atoms in total. The van der Waals surface area contributed by atoms with Gasteiger partial charge in [0, 0.05) is 50.5 Å². The van der Waals surface area contributed by atoms with Crippen LogP contribution in [0.4, 0.5) is 5.82 Å². The van der Waals surface area contributed by atoms with Crippen LogP contribution in [0, 0.1) is 5.92 Å². The van der Waals surface area contributed by atoms with Crippen molar-refractivity contribution < 1.29 is 4.74 Å². The van der Waals surface area contributed by atoms with Crippen LogP contribution in [0.2, 0.25) is 0 Å². The van der Waals surface area contributed by atoms with Crippen molar-refractivity contribution in [1.29, 1.82) is 0 Å². The second-order valence-corrected chi connectivity index (χ2v) is 8.82. The van der Waals surface area contributed by atoms with Crippen LogP contribution in [0.15, 0.2) is 30.5 Å². The molecule has 2 atom stereocenters. The number of nitrogens with zero attached hydrogens (tertiary/aromatic N) is 4. The average Bonchev–Trinajstić information content (AvgIpc) is 2.64. The van der Waals surface area contributed by atoms with E-state index in [9.17, 15) is 0 Å². The number of nitrogens with one attached hydrogen (secondary N) is 1. The molecular formula is C22H33N5O. The summed E-state index contributed by atoms with van der Waals surface area (Å²) in [5.41, 5.74) is 1.96. The second kappa shape index (κ2) is 8.97. The summed E-state index contributed by atoms with van der Waals surface area (Å²) in [4.78, 5) is 16.4. The molecule has 0 aromatic carbocycles. The molecule has 1 N–H and O–H groups in total. The van der Waals surface area contributed by atoms with Gasteiger partial charge in [0.05, 0.1) is 18.0 Å². The van der Waals surface area contributed by atoms with Crippen LogP contribution in [0.5, 0.6) is 0 Å². The Morgan fingerprint density at radius 3 is 2.68 bits per heavy atom. The van der Waals surface area contributed by atoms with Gasteiger partial charge < -0.3 is 10.1 Å². The molecule has 0 aliphatic carbocycles. The molecule has 6 heteroatoms. The van der Waals surface area contributed by atoms with Crippen molar-refractivity contribution in [3.63, 3.8) is 0 Å². The number of rotatable bonds is 6. The molecule has 28 heavy (non-hydrogen) atoms. The molecule has 0 saturated carbocycles. The number of likely N-dealkylation sites (tertiary alicyclic amines) is 1. The third-order valence-electron chi connectivity index (χ3n) is 5.18. The number of anilines is 1. The molecule has 152 valence electrons. The van der Waals surface area contributed by atoms with Gasteiger partial charge in [0.1, 0.15) is 11.6 Å². The zero-order chi connectivity index (χ0) is 20.1. The lowest BCUT2D eigenvalue weighted by Crippen LogP contribution is -2.45. The zero-order valence-electron chi connectivity index (χ0n) is 17.8. The molecule has 1 fully saturated rings. The van der Waals surface area contributed by atoms with Gasteiger partial charge in [-0.1, -0.05) is 33.8 Å². The van der Waals surface area contributed by atoms with E-state index in [-0.39, 0.29) is 5.41 Å². The molecule has 3 heterocycles. The Balaban J connectivity index is 1.66. The Hall–Kier alpha value is -2.05. The third-order valence-corrected chi connectivity index (χ3v) is 5.18. The van der Waals surface area contributed by atoms with E-state index in [4.69, 9.17) is 9.72 Å². The van der Waals surface area contributed by atoms with E-state index in [1.807, 2.05) is 18.3 Å². The lowest BCUT2D eigenvalue weighted by molar-refractivity contribution is 0.163. The molecule has 0 bridgehead atoms. The predicted molar refractivity (Wildman–Crippen MR) is 112 cm³/mol. The first-order valence-electron chi connectivity index (χ1n) is 10.1. The summed E-state index contributed by atoms with van der Waals surface area (Å²) < 4.78 is 5.30. The van der Waals surface area contributed by atoms with Crippen LogP contribution in [0.3, 0.4) is 0 Å². The van der Waals surface area contributed by atoms with E-state index < -0.39 is 0 Å². The van der Waals surface area contributed by atoms with Gasteiger partial charge in [-0.05, 0) is 24.5 Å². The zero-order valence-corrected chi connectivity index (χ0v) is 17.8. The summed E-state index contributed by atoms with van der Waals surface area (Å²) >= 11 is 0. The number of pyridine rings is 1. The normalized spacial score (nSPS) is 20.9. The smallest absolute Gasteiger partial charge is 0.136 e. The van der Waals surface area contributed by atoms with Crippen molar-refractivity contribution >= 4 is 5.82 Å². The van der Waals surface area contributed by atoms with Crippen molar-refractivity contribution in [3.8, 4) is 0 Å². The molecule has 1 aliphatic heterocycles. The Labute approximate surface area is 168 Å². The van der Waals surface area contributed by atoms with E-state index in [1.165, 1.54) is 0 Å². The van der Waals surface area contributed by atoms with Crippen LogP contribution in [0.25, 0.3) is 0 Å². The fourth-order valence-electron chi connectivity index (χ4n) is 3.63. The monoisotopic (exact) mass is 383 g/mol. The van der Waals surface area contributed by atoms with E-state index in [1.54, 1.807) is 7.11 Å². The summed E-state index contributed by atoms with van der Waals surface area (Å²) in [7, 11) is 1.70. The maximum Gasteiger partial charge on any atom is 0.136 e. The van der Waals surface area contributed by atoms with Gasteiger partial charge in [-0.2, -0.15) is 0 Å². The molecule has 1 aliphatic rings. The molecule has 0 amide bonds. The van der Waals surface area contributed by atoms with E-state index in [0.717, 1.165) is 49.1 Å². The maximum atomic E-state index is 5.30. The minimum atomic E-state index is -0.0994. The summed E-state index contributed by atoms with van der Waals surface area (Å²) in [6.07, 6.45) is 2.95. The van der Waals surface area contributed by atoms with Crippen molar-refractivity contribution in [2.45, 2.75) is 58.7 Å². The topological polar surface area (TPSA) is 63.2 Å². The SMILES string of the molecule is COCc1cc(NC2CCN(Cc3ccccn3)CC2C)nc(C(C)(C)C)n1. The van der Waals surface area contributed by atoms with Crippen LogP contribution in [-0.2, 0) is 23.3 Å². The molecule has 3 rings (SSSR count). The summed E-state index contributed by atoms with van der Waals surface area (Å²) in [6, 6.07) is 8.54. The van der Waals surface area contributed by atoms with Gasteiger partial charge in [0.2, 0.25) is 0 Å². The van der Waals surface area contributed by atoms with Crippen molar-refractivity contribution in [2.24, 2.45) is 5.92 Å². The number of piperidine rings is 1. The number of ether oxygens (including phenoxy) is 1. The third kappa shape index (κ3) is 5.49. The van der Waals surface area contributed by atoms with Gasteiger partial charge in [-0.15, -0.1) is 0 Å². The predicted octanol–water partition coefficient (Wildman–Crippen LogP) is 3.64. The summed E-state index contributed by atoms with van der Waals surface area (Å²) in [5, 5.41) is 3.68. The number of hydrogen-bond acceptors (Lipinski definition) is 6. The van der Waals surface area contributed by atoms with Gasteiger partial charge in [-0.3, -0.25) is 9.88 Å². The molecule has 0 spiro atoms. The highest BCUT2D eigenvalue weighted by Crippen LogP contribution is 2.25. The summed E-state index contributed by atoms with van der Waals surface area (Å²) in [6.45, 7) is 12.3. The van der Waals surface area contributed by atoms with Crippen molar-refractivity contribution in [2.75, 3.05) is 25.5 Å². The van der Waals surface area contributed by atoms with Gasteiger partial charge in [0.15, 0.2) is 0 Å². The minimum absolute atomic E-state index is 0.0994. The maximum absolute atomic E-state index is 5.30. The lowest BCUT2D eigenvalue weighted by Gasteiger charge is -2.37. The first-order chi connectivity index (χ1) is 13.3. The summed E-state index contributed by atoms with van der Waals surface area (Å²) in [5.74, 6) is 2.28. The number of aromatic nitrogens is 3. The van der Waals surface area contributed by atoms with E-state index >= 15 is 0 Å². The minimum Gasteiger partial charge on any atom is -0.378 e. The Kier molecular flexibility index (Phi) is 6.62. The Bertz CT molecular complexity index is 759. The van der Waals surface area contributed by atoms with Crippen LogP contribution >= 0.6 is 0 Å². The Morgan fingerprint density at radius 2 is 2.04 bits per heavy atom. The fourth-order valence-corrected chi connectivity index (χ4v) is 3.63. The van der Waals surface area contributed by atoms with E-state index in [0.29, 0.717) is 18.6 Å². The highest BCUT2D eigenvalue weighted by atomic mass is 16.5. The highest BCUT2D eigenvalue weighted by molar-refractivity contribution is 5.38. The lowest BCUT2D eigenvalue weighted by atomic mass is 9.93. The van der Waals surface area contributed by atoms with Crippen LogP contribution in [-0.4, -0.2) is 46.1 Å². The quantitative estimate of drug-likeness (QED) is 0.822. The van der Waals surface area contributed by atoms with Crippen molar-refractivity contribution in [3.05, 3.63) is 47.7 Å². The fraction of sp³-hybridized carbons (Fsp3) is 0.591. The molecular weight excluding hydrogens is 350 g/mol. The largest absolute Gasteiger partial charge is 0.378 e. The molecule has 2 aromatic rings. The Morgan fingerprint density at radius 1 is 1.21 bits per heavy atom. The van der Waals surface area contributed by atoms with Gasteiger partial charge in [-0.25, -0.2) is 9.97 Å². The van der Waals surface area contributed by atoms with Gasteiger partial charge in [0.25, 0.3) is 0 Å². The highest BCUT2D eigenvalue weighted by Gasteiger charge is 2.27. The molecule has 0 radical (unpaired) electrons. The van der Waals surface area contributed by atoms with Crippen LogP contribution < -0.4 is 5.32 Å².